The van der Waals surface area contributed by atoms with Crippen LogP contribution < -0.4 is 0 Å². The molecular formula is C11H18BClO2. The SMILES string of the molecule is CC1(C)OB(C#CCCCCl)OC1(C)C. The molecule has 0 aliphatic carbocycles. The highest BCUT2D eigenvalue weighted by Crippen LogP contribution is 2.36. The van der Waals surface area contributed by atoms with Crippen LogP contribution in [0, 0.1) is 11.7 Å². The molecule has 0 aromatic carbocycles. The predicted molar refractivity (Wildman–Crippen MR) is 63.8 cm³/mol. The Bertz CT molecular complexity index is 262. The molecule has 0 aromatic heterocycles. The van der Waals surface area contributed by atoms with Crippen molar-refractivity contribution in [2.75, 3.05) is 5.88 Å². The van der Waals surface area contributed by atoms with Crippen molar-refractivity contribution >= 4 is 18.7 Å². The van der Waals surface area contributed by atoms with Gasteiger partial charge in [-0.05, 0) is 34.1 Å². The lowest BCUT2D eigenvalue weighted by atomic mass is 9.90. The number of unbranched alkanes of at least 4 members (excludes halogenated alkanes) is 1. The molecule has 0 unspecified atom stereocenters. The molecule has 1 aliphatic heterocycles. The quantitative estimate of drug-likeness (QED) is 0.313. The molecule has 1 aliphatic rings. The van der Waals surface area contributed by atoms with Crippen molar-refractivity contribution in [1.82, 2.24) is 0 Å². The maximum absolute atomic E-state index is 5.72. The molecule has 1 rings (SSSR count). The Morgan fingerprint density at radius 1 is 1.13 bits per heavy atom. The number of alkyl halides is 1. The summed E-state index contributed by atoms with van der Waals surface area (Å²) in [7, 11) is -0.398. The summed E-state index contributed by atoms with van der Waals surface area (Å²) in [6.07, 6.45) is 1.71. The van der Waals surface area contributed by atoms with E-state index < -0.39 is 7.12 Å². The Morgan fingerprint density at radius 3 is 2.13 bits per heavy atom. The van der Waals surface area contributed by atoms with Crippen LogP contribution in [0.25, 0.3) is 0 Å². The van der Waals surface area contributed by atoms with Crippen molar-refractivity contribution in [2.24, 2.45) is 0 Å². The summed E-state index contributed by atoms with van der Waals surface area (Å²) in [5.74, 6) is 6.64. The molecule has 0 radical (unpaired) electrons. The van der Waals surface area contributed by atoms with Crippen LogP contribution in [0.15, 0.2) is 0 Å². The number of halogens is 1. The number of rotatable bonds is 2. The molecule has 1 heterocycles. The van der Waals surface area contributed by atoms with Gasteiger partial charge in [-0.1, -0.05) is 5.82 Å². The van der Waals surface area contributed by atoms with Crippen molar-refractivity contribution in [3.05, 3.63) is 0 Å². The van der Waals surface area contributed by atoms with E-state index in [0.717, 1.165) is 12.8 Å². The minimum absolute atomic E-state index is 0.293. The lowest BCUT2D eigenvalue weighted by Crippen LogP contribution is -2.41. The normalized spacial score (nSPS) is 22.3. The molecule has 0 atom stereocenters. The average molecular weight is 229 g/mol. The van der Waals surface area contributed by atoms with Gasteiger partial charge in [-0.25, -0.2) is 0 Å². The summed E-state index contributed by atoms with van der Waals surface area (Å²) in [4.78, 5) is 0. The van der Waals surface area contributed by atoms with Gasteiger partial charge in [0.2, 0.25) is 0 Å². The van der Waals surface area contributed by atoms with Gasteiger partial charge < -0.3 is 9.31 Å². The van der Waals surface area contributed by atoms with E-state index in [1.165, 1.54) is 0 Å². The first-order chi connectivity index (χ1) is 6.89. The van der Waals surface area contributed by atoms with E-state index in [9.17, 15) is 0 Å². The topological polar surface area (TPSA) is 18.5 Å². The second-order valence-electron chi connectivity index (χ2n) is 4.70. The molecule has 2 nitrogen and oxygen atoms in total. The maximum atomic E-state index is 5.72. The molecule has 1 fully saturated rings. The van der Waals surface area contributed by atoms with Crippen LogP contribution in [-0.4, -0.2) is 24.2 Å². The average Bonchev–Trinajstić information content (AvgIpc) is 2.30. The van der Waals surface area contributed by atoms with Gasteiger partial charge in [0, 0.05) is 12.3 Å². The second kappa shape index (κ2) is 4.78. The van der Waals surface area contributed by atoms with E-state index in [1.807, 2.05) is 27.7 Å². The summed E-state index contributed by atoms with van der Waals surface area (Å²) >= 11 is 5.56. The van der Waals surface area contributed by atoms with Crippen molar-refractivity contribution in [3.63, 3.8) is 0 Å². The molecule has 4 heteroatoms. The molecule has 0 N–H and O–H groups in total. The van der Waals surface area contributed by atoms with Crippen molar-refractivity contribution in [2.45, 2.75) is 51.7 Å². The smallest absolute Gasteiger partial charge is 0.392 e. The van der Waals surface area contributed by atoms with Gasteiger partial charge in [0.1, 0.15) is 0 Å². The lowest BCUT2D eigenvalue weighted by molar-refractivity contribution is 0.00578. The summed E-state index contributed by atoms with van der Waals surface area (Å²) in [5.41, 5.74) is -0.586. The Hall–Kier alpha value is -0.165. The summed E-state index contributed by atoms with van der Waals surface area (Å²) in [5, 5.41) is 0. The van der Waals surface area contributed by atoms with Gasteiger partial charge in [0.25, 0.3) is 0 Å². The van der Waals surface area contributed by atoms with Gasteiger partial charge in [0.15, 0.2) is 0 Å². The fourth-order valence-corrected chi connectivity index (χ4v) is 1.35. The summed E-state index contributed by atoms with van der Waals surface area (Å²) < 4.78 is 11.4. The second-order valence-corrected chi connectivity index (χ2v) is 5.08. The highest BCUT2D eigenvalue weighted by Gasteiger charge is 2.50. The molecule has 0 amide bonds. The monoisotopic (exact) mass is 228 g/mol. The Kier molecular flexibility index (Phi) is 4.11. The molecule has 0 saturated carbocycles. The third kappa shape index (κ3) is 3.14. The van der Waals surface area contributed by atoms with Crippen LogP contribution in [0.4, 0.5) is 0 Å². The highest BCUT2D eigenvalue weighted by molar-refractivity contribution is 6.55. The van der Waals surface area contributed by atoms with Crippen LogP contribution in [0.1, 0.15) is 40.5 Å². The summed E-state index contributed by atoms with van der Waals surface area (Å²) in [6, 6.07) is 0. The molecule has 0 aromatic rings. The zero-order valence-electron chi connectivity index (χ0n) is 9.89. The number of hydrogen-bond donors (Lipinski definition) is 0. The fourth-order valence-electron chi connectivity index (χ4n) is 1.21. The van der Waals surface area contributed by atoms with Crippen LogP contribution in [-0.2, 0) is 9.31 Å². The van der Waals surface area contributed by atoms with Crippen LogP contribution in [0.3, 0.4) is 0 Å². The van der Waals surface area contributed by atoms with Crippen molar-refractivity contribution < 1.29 is 9.31 Å². The lowest BCUT2D eigenvalue weighted by Gasteiger charge is -2.32. The van der Waals surface area contributed by atoms with E-state index in [2.05, 4.69) is 11.7 Å². The minimum Gasteiger partial charge on any atom is -0.392 e. The first kappa shape index (κ1) is 12.9. The highest BCUT2D eigenvalue weighted by atomic mass is 35.5. The maximum Gasteiger partial charge on any atom is 0.551 e. The zero-order valence-corrected chi connectivity index (χ0v) is 10.6. The number of hydrogen-bond acceptors (Lipinski definition) is 2. The van der Waals surface area contributed by atoms with Gasteiger partial charge >= 0.3 is 7.12 Å². The largest absolute Gasteiger partial charge is 0.551 e. The van der Waals surface area contributed by atoms with Crippen molar-refractivity contribution in [3.8, 4) is 11.7 Å². The molecule has 15 heavy (non-hydrogen) atoms. The van der Waals surface area contributed by atoms with Crippen LogP contribution >= 0.6 is 11.6 Å². The molecule has 0 bridgehead atoms. The van der Waals surface area contributed by atoms with E-state index in [1.54, 1.807) is 0 Å². The molecule has 0 spiro atoms. The third-order valence-corrected chi connectivity index (χ3v) is 3.18. The Balaban J connectivity index is 2.51. The first-order valence-corrected chi connectivity index (χ1v) is 5.82. The van der Waals surface area contributed by atoms with Crippen LogP contribution in [0.2, 0.25) is 0 Å². The van der Waals surface area contributed by atoms with Gasteiger partial charge in [-0.15, -0.1) is 17.5 Å². The van der Waals surface area contributed by atoms with Gasteiger partial charge in [0.05, 0.1) is 11.2 Å². The molecular weight excluding hydrogens is 210 g/mol. The van der Waals surface area contributed by atoms with E-state index in [4.69, 9.17) is 20.9 Å². The standard InChI is InChI=1S/C11H18BClO2/c1-10(2)11(3,4)15-12(14-10)8-6-5-7-9-13/h5,7,9H2,1-4H3. The first-order valence-electron chi connectivity index (χ1n) is 5.29. The van der Waals surface area contributed by atoms with Crippen molar-refractivity contribution in [1.29, 1.82) is 0 Å². The zero-order chi connectivity index (χ0) is 11.5. The van der Waals surface area contributed by atoms with E-state index in [0.29, 0.717) is 5.88 Å². The Morgan fingerprint density at radius 2 is 1.67 bits per heavy atom. The Labute approximate surface area is 97.8 Å². The third-order valence-electron chi connectivity index (χ3n) is 2.91. The molecule has 1 saturated heterocycles. The van der Waals surface area contributed by atoms with Gasteiger partial charge in [-0.3, -0.25) is 0 Å². The van der Waals surface area contributed by atoms with Gasteiger partial charge in [-0.2, -0.15) is 0 Å². The summed E-state index contributed by atoms with van der Waals surface area (Å²) in [6.45, 7) is 8.09. The predicted octanol–water partition coefficient (Wildman–Crippen LogP) is 2.64. The fraction of sp³-hybridized carbons (Fsp3) is 0.818. The van der Waals surface area contributed by atoms with E-state index >= 15 is 0 Å². The van der Waals surface area contributed by atoms with Crippen LogP contribution in [0.5, 0.6) is 0 Å². The molecule has 84 valence electrons. The van der Waals surface area contributed by atoms with E-state index in [-0.39, 0.29) is 11.2 Å². The minimum atomic E-state index is -0.398.